The second-order valence-electron chi connectivity index (χ2n) is 6.95. The van der Waals surface area contributed by atoms with Crippen LogP contribution in [0.25, 0.3) is 22.2 Å². The molecule has 0 atom stereocenters. The summed E-state index contributed by atoms with van der Waals surface area (Å²) < 4.78 is 0. The van der Waals surface area contributed by atoms with Gasteiger partial charge in [-0.25, -0.2) is 0 Å². The number of aromatic nitrogens is 1. The molecule has 2 aromatic carbocycles. The van der Waals surface area contributed by atoms with E-state index in [0.29, 0.717) is 10.6 Å². The fourth-order valence-electron chi connectivity index (χ4n) is 2.89. The molecular formula is C20H20ClNO. The lowest BCUT2D eigenvalue weighted by molar-refractivity contribution is 0.112. The van der Waals surface area contributed by atoms with E-state index in [2.05, 4.69) is 50.0 Å². The van der Waals surface area contributed by atoms with Gasteiger partial charge in [-0.1, -0.05) is 62.7 Å². The monoisotopic (exact) mass is 325 g/mol. The zero-order chi connectivity index (χ0) is 16.8. The quantitative estimate of drug-likeness (QED) is 0.584. The highest BCUT2D eigenvalue weighted by Gasteiger charge is 2.17. The maximum Gasteiger partial charge on any atom is 0.152 e. The Morgan fingerprint density at radius 2 is 1.70 bits per heavy atom. The van der Waals surface area contributed by atoms with Gasteiger partial charge in [0.15, 0.2) is 6.29 Å². The largest absolute Gasteiger partial charge is 0.354 e. The molecule has 1 aromatic heterocycles. The first-order valence-electron chi connectivity index (χ1n) is 7.70. The van der Waals surface area contributed by atoms with E-state index >= 15 is 0 Å². The molecule has 3 heteroatoms. The molecule has 0 saturated carbocycles. The van der Waals surface area contributed by atoms with Crippen LogP contribution in [-0.2, 0) is 5.41 Å². The summed E-state index contributed by atoms with van der Waals surface area (Å²) in [6.45, 7) is 8.52. The van der Waals surface area contributed by atoms with Crippen molar-refractivity contribution in [1.29, 1.82) is 0 Å². The van der Waals surface area contributed by atoms with Gasteiger partial charge in [0.1, 0.15) is 0 Å². The molecule has 3 aromatic rings. The summed E-state index contributed by atoms with van der Waals surface area (Å²) in [7, 11) is 0. The molecule has 0 bridgehead atoms. The van der Waals surface area contributed by atoms with E-state index in [1.54, 1.807) is 0 Å². The average molecular weight is 326 g/mol. The first-order chi connectivity index (χ1) is 10.8. The Bertz CT molecular complexity index is 883. The van der Waals surface area contributed by atoms with E-state index in [0.717, 1.165) is 34.0 Å². The van der Waals surface area contributed by atoms with Crippen molar-refractivity contribution >= 4 is 28.8 Å². The first-order valence-corrected chi connectivity index (χ1v) is 8.07. The minimum absolute atomic E-state index is 0.108. The Balaban J connectivity index is 2.20. The predicted octanol–water partition coefficient (Wildman–Crippen LogP) is 5.91. The lowest BCUT2D eigenvalue weighted by Crippen LogP contribution is -2.10. The highest BCUT2D eigenvalue weighted by molar-refractivity contribution is 6.32. The van der Waals surface area contributed by atoms with Crippen molar-refractivity contribution in [2.45, 2.75) is 33.1 Å². The molecular weight excluding hydrogens is 306 g/mol. The van der Waals surface area contributed by atoms with Crippen LogP contribution in [0.4, 0.5) is 0 Å². The predicted molar refractivity (Wildman–Crippen MR) is 97.6 cm³/mol. The molecule has 0 spiro atoms. The van der Waals surface area contributed by atoms with Crippen LogP contribution in [0.1, 0.15) is 42.3 Å². The van der Waals surface area contributed by atoms with E-state index in [1.165, 1.54) is 5.56 Å². The number of benzene rings is 2. The highest BCUT2D eigenvalue weighted by atomic mass is 35.5. The number of carbonyl (C=O) groups is 1. The SMILES string of the molecule is Cc1c(Cl)ccc2c(C=O)c(-c3ccc(C(C)(C)C)cc3)[nH]c12. The summed E-state index contributed by atoms with van der Waals surface area (Å²) in [6, 6.07) is 12.1. The van der Waals surface area contributed by atoms with Gasteiger partial charge in [0, 0.05) is 16.0 Å². The van der Waals surface area contributed by atoms with Crippen LogP contribution in [0.3, 0.4) is 0 Å². The fraction of sp³-hybridized carbons (Fsp3) is 0.250. The number of H-pyrrole nitrogens is 1. The maximum atomic E-state index is 11.6. The number of rotatable bonds is 2. The Labute approximate surface area is 141 Å². The summed E-state index contributed by atoms with van der Waals surface area (Å²) in [6.07, 6.45) is 0.916. The summed E-state index contributed by atoms with van der Waals surface area (Å²) >= 11 is 6.20. The zero-order valence-electron chi connectivity index (χ0n) is 13.8. The molecule has 1 heterocycles. The van der Waals surface area contributed by atoms with Crippen LogP contribution in [0.2, 0.25) is 5.02 Å². The lowest BCUT2D eigenvalue weighted by atomic mass is 9.86. The number of aldehydes is 1. The number of fused-ring (bicyclic) bond motifs is 1. The van der Waals surface area contributed by atoms with Crippen molar-refractivity contribution in [3.8, 4) is 11.3 Å². The van der Waals surface area contributed by atoms with Gasteiger partial charge in [-0.15, -0.1) is 0 Å². The number of aromatic amines is 1. The molecule has 1 N–H and O–H groups in total. The molecule has 3 rings (SSSR count). The Morgan fingerprint density at radius 3 is 2.26 bits per heavy atom. The number of hydrogen-bond acceptors (Lipinski definition) is 1. The first kappa shape index (κ1) is 15.8. The average Bonchev–Trinajstić information content (AvgIpc) is 2.89. The third-order valence-electron chi connectivity index (χ3n) is 4.37. The van der Waals surface area contributed by atoms with Gasteiger partial charge in [-0.05, 0) is 35.1 Å². The van der Waals surface area contributed by atoms with Crippen LogP contribution < -0.4 is 0 Å². The second-order valence-corrected chi connectivity index (χ2v) is 7.36. The van der Waals surface area contributed by atoms with Crippen LogP contribution in [-0.4, -0.2) is 11.3 Å². The standard InChI is InChI=1S/C20H20ClNO/c1-12-17(21)10-9-15-16(11-23)19(22-18(12)15)13-5-7-14(8-6-13)20(2,3)4/h5-11,22H,1-4H3. The Morgan fingerprint density at radius 1 is 1.04 bits per heavy atom. The van der Waals surface area contributed by atoms with E-state index in [4.69, 9.17) is 11.6 Å². The molecule has 118 valence electrons. The zero-order valence-corrected chi connectivity index (χ0v) is 14.6. The molecule has 0 unspecified atom stereocenters. The van der Waals surface area contributed by atoms with E-state index < -0.39 is 0 Å². The molecule has 0 aliphatic rings. The number of aryl methyl sites for hydroxylation is 1. The van der Waals surface area contributed by atoms with Crippen molar-refractivity contribution in [3.05, 3.63) is 58.1 Å². The van der Waals surface area contributed by atoms with Gasteiger partial charge in [-0.3, -0.25) is 4.79 Å². The van der Waals surface area contributed by atoms with Crippen molar-refractivity contribution in [3.63, 3.8) is 0 Å². The van der Waals surface area contributed by atoms with Crippen LogP contribution >= 0.6 is 11.6 Å². The molecule has 2 nitrogen and oxygen atoms in total. The molecule has 23 heavy (non-hydrogen) atoms. The molecule has 0 aliphatic heterocycles. The van der Waals surface area contributed by atoms with E-state index in [9.17, 15) is 4.79 Å². The Kier molecular flexibility index (Phi) is 3.81. The molecule has 0 radical (unpaired) electrons. The van der Waals surface area contributed by atoms with Crippen LogP contribution in [0, 0.1) is 6.92 Å². The smallest absolute Gasteiger partial charge is 0.152 e. The fourth-order valence-corrected chi connectivity index (χ4v) is 3.04. The summed E-state index contributed by atoms with van der Waals surface area (Å²) in [5, 5.41) is 1.61. The molecule has 0 amide bonds. The van der Waals surface area contributed by atoms with Crippen molar-refractivity contribution in [1.82, 2.24) is 4.98 Å². The molecule has 0 fully saturated rings. The van der Waals surface area contributed by atoms with Crippen molar-refractivity contribution in [2.75, 3.05) is 0 Å². The van der Waals surface area contributed by atoms with E-state index in [1.807, 2.05) is 19.1 Å². The molecule has 0 aliphatic carbocycles. The summed E-state index contributed by atoms with van der Waals surface area (Å²) in [4.78, 5) is 15.0. The third kappa shape index (κ3) is 2.68. The van der Waals surface area contributed by atoms with Gasteiger partial charge < -0.3 is 4.98 Å². The number of halogens is 1. The normalized spacial score (nSPS) is 11.9. The minimum atomic E-state index is 0.108. The van der Waals surface area contributed by atoms with Gasteiger partial charge in [0.05, 0.1) is 11.2 Å². The minimum Gasteiger partial charge on any atom is -0.354 e. The van der Waals surface area contributed by atoms with Gasteiger partial charge in [-0.2, -0.15) is 0 Å². The second kappa shape index (κ2) is 5.54. The van der Waals surface area contributed by atoms with Gasteiger partial charge in [0.25, 0.3) is 0 Å². The van der Waals surface area contributed by atoms with Crippen LogP contribution in [0.15, 0.2) is 36.4 Å². The van der Waals surface area contributed by atoms with Gasteiger partial charge >= 0.3 is 0 Å². The van der Waals surface area contributed by atoms with Crippen LogP contribution in [0.5, 0.6) is 0 Å². The summed E-state index contributed by atoms with van der Waals surface area (Å²) in [5.41, 5.74) is 5.80. The van der Waals surface area contributed by atoms with E-state index in [-0.39, 0.29) is 5.41 Å². The maximum absolute atomic E-state index is 11.6. The number of hydrogen-bond donors (Lipinski definition) is 1. The number of carbonyl (C=O) groups excluding carboxylic acids is 1. The third-order valence-corrected chi connectivity index (χ3v) is 4.78. The lowest BCUT2D eigenvalue weighted by Gasteiger charge is -2.19. The number of nitrogens with one attached hydrogen (secondary N) is 1. The highest BCUT2D eigenvalue weighted by Crippen LogP contribution is 2.34. The van der Waals surface area contributed by atoms with Crippen molar-refractivity contribution in [2.24, 2.45) is 0 Å². The Hall–Kier alpha value is -2.06. The topological polar surface area (TPSA) is 32.9 Å². The van der Waals surface area contributed by atoms with Crippen molar-refractivity contribution < 1.29 is 4.79 Å². The molecule has 0 saturated heterocycles. The summed E-state index contributed by atoms with van der Waals surface area (Å²) in [5.74, 6) is 0. The van der Waals surface area contributed by atoms with Gasteiger partial charge in [0.2, 0.25) is 0 Å².